The summed E-state index contributed by atoms with van der Waals surface area (Å²) in [6.45, 7) is 0. The van der Waals surface area contributed by atoms with Crippen molar-refractivity contribution in [3.05, 3.63) is 145 Å². The summed E-state index contributed by atoms with van der Waals surface area (Å²) in [7, 11) is 0. The molecule has 1 heteroatoms. The molecule has 41 heavy (non-hydrogen) atoms. The van der Waals surface area contributed by atoms with Gasteiger partial charge in [-0.15, -0.1) is 11.3 Å². The lowest BCUT2D eigenvalue weighted by molar-refractivity contribution is 1.63. The van der Waals surface area contributed by atoms with Crippen LogP contribution < -0.4 is 0 Å². The zero-order valence-electron chi connectivity index (χ0n) is 26.0. The van der Waals surface area contributed by atoms with E-state index in [4.69, 9.17) is 2.74 Å². The highest BCUT2D eigenvalue weighted by molar-refractivity contribution is 7.26. The molecular formula is C40H24S. The number of fused-ring (bicyclic) bond motifs is 9. The quantitative estimate of drug-likeness (QED) is 0.151. The summed E-state index contributed by atoms with van der Waals surface area (Å²) < 4.78 is 39.0. The van der Waals surface area contributed by atoms with E-state index in [2.05, 4.69) is 78.9 Å². The number of hydrogen-bond acceptors (Lipinski definition) is 1. The van der Waals surface area contributed by atoms with E-state index in [1.165, 1.54) is 26.2 Å². The predicted octanol–water partition coefficient (Wildman–Crippen LogP) is 12.0. The van der Waals surface area contributed by atoms with Gasteiger partial charge in [-0.25, -0.2) is 0 Å². The van der Waals surface area contributed by atoms with Crippen LogP contribution in [0.3, 0.4) is 0 Å². The van der Waals surface area contributed by atoms with Crippen molar-refractivity contribution in [2.24, 2.45) is 0 Å². The number of thiophene rings is 1. The molecule has 190 valence electrons. The van der Waals surface area contributed by atoms with Gasteiger partial charge in [0.1, 0.15) is 0 Å². The summed E-state index contributed by atoms with van der Waals surface area (Å²) in [5.74, 6) is 0. The first-order valence-electron chi connectivity index (χ1n) is 15.8. The van der Waals surface area contributed by atoms with Crippen LogP contribution >= 0.6 is 11.3 Å². The molecular weight excluding hydrogens is 513 g/mol. The summed E-state index contributed by atoms with van der Waals surface area (Å²) in [5, 5.41) is 11.1. The Labute approximate surface area is 247 Å². The molecule has 0 N–H and O–H groups in total. The van der Waals surface area contributed by atoms with Crippen molar-refractivity contribution in [2.75, 3.05) is 0 Å². The summed E-state index contributed by atoms with van der Waals surface area (Å²) in [6.07, 6.45) is 0. The highest BCUT2D eigenvalue weighted by Crippen LogP contribution is 2.40. The van der Waals surface area contributed by atoms with Crippen molar-refractivity contribution in [1.29, 1.82) is 0 Å². The molecule has 0 saturated heterocycles. The maximum atomic E-state index is 9.17. The summed E-state index contributed by atoms with van der Waals surface area (Å²) in [4.78, 5) is 0. The first kappa shape index (κ1) is 19.2. The molecule has 1 heterocycles. The fourth-order valence-electron chi connectivity index (χ4n) is 6.25. The Morgan fingerprint density at radius 2 is 1.05 bits per heavy atom. The Bertz CT molecular complexity index is 2680. The van der Waals surface area contributed by atoms with Crippen molar-refractivity contribution in [3.63, 3.8) is 0 Å². The molecule has 0 aliphatic carbocycles. The standard InChI is InChI=1S/C40H24S/c1-3-9-32-26(6-1)16-17-31-24-36-30(23-37(31)32)8-5-11-33(36)28-14-12-25(13-15-28)29-19-21-39-38(22-29)35-20-18-27-7-2-4-10-34(27)40(35)41-39/h1-24H/i12D,13D,14D,15D. The minimum atomic E-state index is -0.0293. The molecule has 0 aliphatic rings. The topological polar surface area (TPSA) is 0 Å². The van der Waals surface area contributed by atoms with E-state index in [0.29, 0.717) is 22.3 Å². The number of hydrogen-bond donors (Lipinski definition) is 0. The first-order valence-corrected chi connectivity index (χ1v) is 14.6. The average Bonchev–Trinajstić information content (AvgIpc) is 3.45. The van der Waals surface area contributed by atoms with Crippen LogP contribution in [0.15, 0.2) is 145 Å². The molecule has 0 spiro atoms. The lowest BCUT2D eigenvalue weighted by Crippen LogP contribution is -1.85. The first-order chi connectivity index (χ1) is 22.0. The van der Waals surface area contributed by atoms with Gasteiger partial charge in [0.2, 0.25) is 0 Å². The number of rotatable bonds is 2. The zero-order valence-corrected chi connectivity index (χ0v) is 22.8. The van der Waals surface area contributed by atoms with Gasteiger partial charge in [0.15, 0.2) is 0 Å². The van der Waals surface area contributed by atoms with Crippen molar-refractivity contribution in [2.45, 2.75) is 0 Å². The monoisotopic (exact) mass is 540 g/mol. The van der Waals surface area contributed by atoms with Gasteiger partial charge in [-0.1, -0.05) is 121 Å². The Morgan fingerprint density at radius 1 is 0.390 bits per heavy atom. The zero-order chi connectivity index (χ0) is 30.4. The van der Waals surface area contributed by atoms with E-state index in [9.17, 15) is 2.74 Å². The minimum Gasteiger partial charge on any atom is -0.135 e. The summed E-state index contributed by atoms with van der Waals surface area (Å²) in [6, 6.07) is 41.3. The van der Waals surface area contributed by atoms with E-state index in [0.717, 1.165) is 37.0 Å². The summed E-state index contributed by atoms with van der Waals surface area (Å²) in [5.41, 5.74) is 2.05. The van der Waals surface area contributed by atoms with Crippen LogP contribution in [0.25, 0.3) is 85.5 Å². The molecule has 0 amide bonds. The Morgan fingerprint density at radius 3 is 1.93 bits per heavy atom. The molecule has 1 aromatic heterocycles. The van der Waals surface area contributed by atoms with Gasteiger partial charge in [0.05, 0.1) is 5.48 Å². The molecule has 9 aromatic rings. The van der Waals surface area contributed by atoms with Gasteiger partial charge < -0.3 is 0 Å². The smallest absolute Gasteiger partial charge is 0.0629 e. The Balaban J connectivity index is 1.25. The molecule has 0 radical (unpaired) electrons. The van der Waals surface area contributed by atoms with E-state index in [1.807, 2.05) is 42.5 Å². The maximum absolute atomic E-state index is 9.17. The van der Waals surface area contributed by atoms with Gasteiger partial charge in [0, 0.05) is 20.2 Å². The van der Waals surface area contributed by atoms with E-state index >= 15 is 0 Å². The highest BCUT2D eigenvalue weighted by atomic mass is 32.1. The maximum Gasteiger partial charge on any atom is 0.0629 e. The van der Waals surface area contributed by atoms with Gasteiger partial charge in [-0.2, -0.15) is 0 Å². The van der Waals surface area contributed by atoms with Crippen molar-refractivity contribution in [3.8, 4) is 22.3 Å². The second kappa shape index (κ2) is 8.76. The van der Waals surface area contributed by atoms with Crippen molar-refractivity contribution in [1.82, 2.24) is 0 Å². The van der Waals surface area contributed by atoms with Crippen molar-refractivity contribution < 1.29 is 5.48 Å². The number of benzene rings is 8. The van der Waals surface area contributed by atoms with Crippen molar-refractivity contribution >= 4 is 74.6 Å². The van der Waals surface area contributed by atoms with Gasteiger partial charge in [-0.3, -0.25) is 0 Å². The van der Waals surface area contributed by atoms with Gasteiger partial charge >= 0.3 is 0 Å². The van der Waals surface area contributed by atoms with Crippen LogP contribution in [0.2, 0.25) is 0 Å². The van der Waals surface area contributed by atoms with E-state index in [1.54, 1.807) is 11.3 Å². The Kier molecular flexibility index (Phi) is 4.09. The second-order valence-electron chi connectivity index (χ2n) is 10.6. The second-order valence-corrected chi connectivity index (χ2v) is 11.7. The Hall–Kier alpha value is -4.98. The molecule has 0 bridgehead atoms. The molecule has 0 unspecified atom stereocenters. The average molecular weight is 541 g/mol. The molecule has 0 saturated carbocycles. The highest BCUT2D eigenvalue weighted by Gasteiger charge is 2.11. The fourth-order valence-corrected chi connectivity index (χ4v) is 7.47. The molecule has 0 fully saturated rings. The lowest BCUT2D eigenvalue weighted by atomic mass is 9.93. The van der Waals surface area contributed by atoms with Gasteiger partial charge in [0.25, 0.3) is 0 Å². The summed E-state index contributed by atoms with van der Waals surface area (Å²) >= 11 is 1.74. The third-order valence-electron chi connectivity index (χ3n) is 8.29. The lowest BCUT2D eigenvalue weighted by Gasteiger charge is -2.11. The SMILES string of the molecule is [2H]c1c([2H])c(-c2cccc3cc4c(ccc5ccccc54)cc23)c([2H])c([2H])c1-c1ccc2sc3c4ccccc4ccc3c2c1. The molecule has 0 atom stereocenters. The third kappa shape index (κ3) is 3.53. The molecule has 0 aliphatic heterocycles. The van der Waals surface area contributed by atoms with Crippen LogP contribution in [0.4, 0.5) is 0 Å². The van der Waals surface area contributed by atoms with E-state index < -0.39 is 0 Å². The molecule has 8 aromatic carbocycles. The largest absolute Gasteiger partial charge is 0.135 e. The van der Waals surface area contributed by atoms with Crippen LogP contribution in [-0.2, 0) is 0 Å². The fraction of sp³-hybridized carbons (Fsp3) is 0. The predicted molar refractivity (Wildman–Crippen MR) is 180 cm³/mol. The normalized spacial score (nSPS) is 13.3. The van der Waals surface area contributed by atoms with Crippen LogP contribution in [-0.4, -0.2) is 0 Å². The van der Waals surface area contributed by atoms with Crippen LogP contribution in [0.5, 0.6) is 0 Å². The third-order valence-corrected chi connectivity index (χ3v) is 9.51. The van der Waals surface area contributed by atoms with Crippen LogP contribution in [0.1, 0.15) is 5.48 Å². The minimum absolute atomic E-state index is 0.0286. The molecule has 0 nitrogen and oxygen atoms in total. The van der Waals surface area contributed by atoms with Crippen LogP contribution in [0, 0.1) is 0 Å². The van der Waals surface area contributed by atoms with Gasteiger partial charge in [-0.05, 0) is 89.6 Å². The molecule has 9 rings (SSSR count). The van der Waals surface area contributed by atoms with E-state index in [-0.39, 0.29) is 24.2 Å².